The van der Waals surface area contributed by atoms with Gasteiger partial charge >= 0.3 is 12.4 Å². The molecule has 13 heteroatoms. The number of halogens is 7. The summed E-state index contributed by atoms with van der Waals surface area (Å²) in [7, 11) is 1.50. The molecule has 3 rings (SSSR count). The van der Waals surface area contributed by atoms with Crippen LogP contribution in [0.3, 0.4) is 0 Å². The van der Waals surface area contributed by atoms with Crippen molar-refractivity contribution < 1.29 is 31.1 Å². The van der Waals surface area contributed by atoms with Crippen molar-refractivity contribution in [2.45, 2.75) is 38.3 Å². The molecule has 1 aliphatic rings. The molecule has 1 fully saturated rings. The number of piperidine rings is 1. The monoisotopic (exact) mass is 483 g/mol. The Hall–Kier alpha value is -2.50. The SMILES string of the molecule is CN(Cc1nccn1CC(F)(F)F)C(=O)C1CCN(c2ncc(C(F)(F)F)cc2Cl)CC1. The van der Waals surface area contributed by atoms with Gasteiger partial charge in [-0.05, 0) is 18.9 Å². The fraction of sp³-hybridized carbons (Fsp3) is 0.526. The van der Waals surface area contributed by atoms with E-state index in [1.165, 1.54) is 24.3 Å². The van der Waals surface area contributed by atoms with Crippen LogP contribution in [0.4, 0.5) is 32.2 Å². The lowest BCUT2D eigenvalue weighted by Gasteiger charge is -2.34. The van der Waals surface area contributed by atoms with Gasteiger partial charge in [0.1, 0.15) is 18.2 Å². The molecule has 0 saturated carbocycles. The lowest BCUT2D eigenvalue weighted by Crippen LogP contribution is -2.41. The lowest BCUT2D eigenvalue weighted by molar-refractivity contribution is -0.141. The second kappa shape index (κ2) is 9.16. The first-order valence-corrected chi connectivity index (χ1v) is 10.0. The minimum Gasteiger partial charge on any atom is -0.355 e. The maximum atomic E-state index is 12.8. The zero-order valence-electron chi connectivity index (χ0n) is 16.9. The number of rotatable bonds is 5. The van der Waals surface area contributed by atoms with Gasteiger partial charge in [0.15, 0.2) is 0 Å². The largest absolute Gasteiger partial charge is 0.417 e. The number of aromatic nitrogens is 3. The first-order chi connectivity index (χ1) is 14.8. The van der Waals surface area contributed by atoms with Crippen molar-refractivity contribution in [1.29, 1.82) is 0 Å². The molecule has 6 nitrogen and oxygen atoms in total. The van der Waals surface area contributed by atoms with Gasteiger partial charge in [0, 0.05) is 44.6 Å². The zero-order chi connectivity index (χ0) is 23.7. The van der Waals surface area contributed by atoms with Crippen LogP contribution in [-0.2, 0) is 24.1 Å². The number of carbonyl (C=O) groups is 1. The number of carbonyl (C=O) groups excluding carboxylic acids is 1. The molecular weight excluding hydrogens is 464 g/mol. The summed E-state index contributed by atoms with van der Waals surface area (Å²) in [5.41, 5.74) is -0.943. The highest BCUT2D eigenvalue weighted by Gasteiger charge is 2.34. The Morgan fingerprint density at radius 2 is 1.84 bits per heavy atom. The molecule has 2 aromatic rings. The highest BCUT2D eigenvalue weighted by Crippen LogP contribution is 2.34. The summed E-state index contributed by atoms with van der Waals surface area (Å²) in [6, 6.07) is 0.817. The maximum absolute atomic E-state index is 12.8. The second-order valence-electron chi connectivity index (χ2n) is 7.57. The van der Waals surface area contributed by atoms with Gasteiger partial charge in [0.2, 0.25) is 5.91 Å². The normalized spacial score (nSPS) is 15.8. The molecule has 32 heavy (non-hydrogen) atoms. The third kappa shape index (κ3) is 5.84. The fourth-order valence-corrected chi connectivity index (χ4v) is 3.87. The van der Waals surface area contributed by atoms with Gasteiger partial charge in [0.05, 0.1) is 17.1 Å². The van der Waals surface area contributed by atoms with E-state index in [9.17, 15) is 31.1 Å². The van der Waals surface area contributed by atoms with Crippen molar-refractivity contribution in [2.24, 2.45) is 5.92 Å². The average Bonchev–Trinajstić information content (AvgIpc) is 3.11. The number of imidazole rings is 1. The lowest BCUT2D eigenvalue weighted by atomic mass is 9.95. The van der Waals surface area contributed by atoms with Gasteiger partial charge in [-0.25, -0.2) is 9.97 Å². The molecule has 0 aromatic carbocycles. The molecule has 176 valence electrons. The van der Waals surface area contributed by atoms with Gasteiger partial charge in [-0.3, -0.25) is 4.79 Å². The molecule has 0 radical (unpaired) electrons. The molecule has 0 atom stereocenters. The summed E-state index contributed by atoms with van der Waals surface area (Å²) in [5, 5.41) is -0.127. The Bertz CT molecular complexity index is 952. The summed E-state index contributed by atoms with van der Waals surface area (Å²) in [4.78, 5) is 23.6. The molecule has 1 aliphatic heterocycles. The van der Waals surface area contributed by atoms with Crippen molar-refractivity contribution in [3.63, 3.8) is 0 Å². The average molecular weight is 484 g/mol. The fourth-order valence-electron chi connectivity index (χ4n) is 3.59. The highest BCUT2D eigenvalue weighted by atomic mass is 35.5. The first kappa shape index (κ1) is 24.1. The molecule has 3 heterocycles. The number of pyridine rings is 1. The third-order valence-electron chi connectivity index (χ3n) is 5.20. The smallest absolute Gasteiger partial charge is 0.355 e. The zero-order valence-corrected chi connectivity index (χ0v) is 17.7. The van der Waals surface area contributed by atoms with Crippen molar-refractivity contribution in [3.8, 4) is 0 Å². The van der Waals surface area contributed by atoms with E-state index in [-0.39, 0.29) is 35.0 Å². The van der Waals surface area contributed by atoms with Gasteiger partial charge in [-0.1, -0.05) is 11.6 Å². The van der Waals surface area contributed by atoms with Crippen molar-refractivity contribution in [3.05, 3.63) is 41.1 Å². The van der Waals surface area contributed by atoms with Crippen LogP contribution >= 0.6 is 11.6 Å². The first-order valence-electron chi connectivity index (χ1n) is 9.64. The molecule has 1 amide bonds. The van der Waals surface area contributed by atoms with Crippen LogP contribution in [0.1, 0.15) is 24.2 Å². The van der Waals surface area contributed by atoms with Crippen LogP contribution < -0.4 is 4.90 Å². The minimum absolute atomic E-state index is 0.0750. The van der Waals surface area contributed by atoms with Crippen LogP contribution in [0.15, 0.2) is 24.7 Å². The molecule has 0 aliphatic carbocycles. The molecule has 2 aromatic heterocycles. The van der Waals surface area contributed by atoms with Crippen LogP contribution in [0.2, 0.25) is 5.02 Å². The van der Waals surface area contributed by atoms with Gasteiger partial charge < -0.3 is 14.4 Å². The number of hydrogen-bond donors (Lipinski definition) is 0. The van der Waals surface area contributed by atoms with E-state index in [1.54, 1.807) is 4.90 Å². The Labute approximate surface area is 184 Å². The summed E-state index contributed by atoms with van der Waals surface area (Å²) in [5.74, 6) is -0.280. The molecule has 0 unspecified atom stereocenters. The minimum atomic E-state index is -4.55. The van der Waals surface area contributed by atoms with E-state index < -0.39 is 24.5 Å². The molecule has 0 N–H and O–H groups in total. The number of nitrogens with zero attached hydrogens (tertiary/aromatic N) is 5. The standard InChI is InChI=1S/C19H20ClF6N5O/c1-29(10-15-27-4-7-31(15)11-18(21,22)23)17(32)12-2-5-30(6-3-12)16-14(20)8-13(9-28-16)19(24,25)26/h4,7-9,12H,2-3,5-6,10-11H2,1H3. The number of alkyl halides is 6. The predicted molar refractivity (Wildman–Crippen MR) is 104 cm³/mol. The summed E-state index contributed by atoms with van der Waals surface area (Å²) < 4.78 is 77.3. The Morgan fingerprint density at radius 1 is 1.19 bits per heavy atom. The Morgan fingerprint density at radius 3 is 2.41 bits per heavy atom. The summed E-state index contributed by atoms with van der Waals surface area (Å²) in [6.07, 6.45) is -4.97. The van der Waals surface area contributed by atoms with E-state index in [4.69, 9.17) is 11.6 Å². The number of anilines is 1. The van der Waals surface area contributed by atoms with Crippen molar-refractivity contribution in [1.82, 2.24) is 19.4 Å². The Kier molecular flexibility index (Phi) is 6.91. The van der Waals surface area contributed by atoms with E-state index in [2.05, 4.69) is 9.97 Å². The summed E-state index contributed by atoms with van der Waals surface area (Å²) >= 11 is 5.99. The second-order valence-corrected chi connectivity index (χ2v) is 7.98. The highest BCUT2D eigenvalue weighted by molar-refractivity contribution is 6.33. The Balaban J connectivity index is 1.58. The van der Waals surface area contributed by atoms with Crippen LogP contribution in [0.25, 0.3) is 0 Å². The third-order valence-corrected chi connectivity index (χ3v) is 5.48. The van der Waals surface area contributed by atoms with Crippen LogP contribution in [-0.4, -0.2) is 51.7 Å². The van der Waals surface area contributed by atoms with Gasteiger partial charge in [-0.15, -0.1) is 0 Å². The van der Waals surface area contributed by atoms with Crippen LogP contribution in [0.5, 0.6) is 0 Å². The van der Waals surface area contributed by atoms with E-state index in [1.807, 2.05) is 0 Å². The maximum Gasteiger partial charge on any atom is 0.417 e. The van der Waals surface area contributed by atoms with Gasteiger partial charge in [0.25, 0.3) is 0 Å². The molecular formula is C19H20ClF6N5O. The number of amides is 1. The van der Waals surface area contributed by atoms with E-state index >= 15 is 0 Å². The topological polar surface area (TPSA) is 54.3 Å². The van der Waals surface area contributed by atoms with E-state index in [0.717, 1.165) is 16.8 Å². The van der Waals surface area contributed by atoms with Crippen LogP contribution in [0, 0.1) is 5.92 Å². The molecule has 0 spiro atoms. The quantitative estimate of drug-likeness (QED) is 0.592. The molecule has 1 saturated heterocycles. The molecule has 0 bridgehead atoms. The summed E-state index contributed by atoms with van der Waals surface area (Å²) in [6.45, 7) is -0.561. The number of hydrogen-bond acceptors (Lipinski definition) is 4. The van der Waals surface area contributed by atoms with Gasteiger partial charge in [-0.2, -0.15) is 26.3 Å². The van der Waals surface area contributed by atoms with Crippen molar-refractivity contribution >= 4 is 23.3 Å². The van der Waals surface area contributed by atoms with E-state index in [0.29, 0.717) is 25.9 Å². The van der Waals surface area contributed by atoms with Crippen molar-refractivity contribution in [2.75, 3.05) is 25.0 Å². The predicted octanol–water partition coefficient (Wildman–Crippen LogP) is 4.39.